The molecule has 1 aliphatic heterocycles. The topological polar surface area (TPSA) is 35.5 Å². The molecule has 0 aromatic rings. The Kier molecular flexibility index (Phi) is 3.52. The minimum atomic E-state index is -0.268. The molecule has 11 heavy (non-hydrogen) atoms. The van der Waals surface area contributed by atoms with Crippen molar-refractivity contribution in [2.24, 2.45) is 5.92 Å². The summed E-state index contributed by atoms with van der Waals surface area (Å²) in [6.45, 7) is 1.49. The van der Waals surface area contributed by atoms with Gasteiger partial charge in [0.15, 0.2) is 0 Å². The standard InChI is InChI=1S/C8H14O3/c1-10-8(5-9)7-3-2-4-11-6-7/h5,7-8H,2-4,6H2,1H3. The van der Waals surface area contributed by atoms with E-state index in [4.69, 9.17) is 9.47 Å². The smallest absolute Gasteiger partial charge is 0.149 e. The van der Waals surface area contributed by atoms with Crippen molar-refractivity contribution in [1.82, 2.24) is 0 Å². The van der Waals surface area contributed by atoms with Crippen molar-refractivity contribution in [3.8, 4) is 0 Å². The molecule has 1 saturated heterocycles. The van der Waals surface area contributed by atoms with Crippen molar-refractivity contribution in [2.45, 2.75) is 18.9 Å². The van der Waals surface area contributed by atoms with Crippen LogP contribution in [0.5, 0.6) is 0 Å². The van der Waals surface area contributed by atoms with Crippen LogP contribution in [0.25, 0.3) is 0 Å². The number of carbonyl (C=O) groups is 1. The van der Waals surface area contributed by atoms with Crippen LogP contribution >= 0.6 is 0 Å². The molecule has 3 heteroatoms. The molecule has 0 aliphatic carbocycles. The van der Waals surface area contributed by atoms with Crippen molar-refractivity contribution in [2.75, 3.05) is 20.3 Å². The van der Waals surface area contributed by atoms with Gasteiger partial charge in [-0.3, -0.25) is 0 Å². The van der Waals surface area contributed by atoms with Crippen LogP contribution in [0.15, 0.2) is 0 Å². The van der Waals surface area contributed by atoms with E-state index in [1.54, 1.807) is 7.11 Å². The van der Waals surface area contributed by atoms with Gasteiger partial charge in [0.25, 0.3) is 0 Å². The van der Waals surface area contributed by atoms with E-state index >= 15 is 0 Å². The monoisotopic (exact) mass is 158 g/mol. The maximum atomic E-state index is 10.5. The van der Waals surface area contributed by atoms with Crippen molar-refractivity contribution in [3.63, 3.8) is 0 Å². The van der Waals surface area contributed by atoms with Crippen molar-refractivity contribution >= 4 is 6.29 Å². The Morgan fingerprint density at radius 1 is 1.73 bits per heavy atom. The molecule has 2 atom stereocenters. The Hall–Kier alpha value is -0.410. The second-order valence-corrected chi connectivity index (χ2v) is 2.81. The van der Waals surface area contributed by atoms with Crippen LogP contribution < -0.4 is 0 Å². The molecular weight excluding hydrogens is 144 g/mol. The third-order valence-corrected chi connectivity index (χ3v) is 2.07. The van der Waals surface area contributed by atoms with Crippen molar-refractivity contribution in [1.29, 1.82) is 0 Å². The second kappa shape index (κ2) is 4.46. The van der Waals surface area contributed by atoms with E-state index in [9.17, 15) is 4.79 Å². The summed E-state index contributed by atoms with van der Waals surface area (Å²) >= 11 is 0. The highest BCUT2D eigenvalue weighted by Gasteiger charge is 2.23. The molecule has 1 heterocycles. The lowest BCUT2D eigenvalue weighted by Crippen LogP contribution is -2.31. The fraction of sp³-hybridized carbons (Fsp3) is 0.875. The van der Waals surface area contributed by atoms with E-state index in [0.717, 1.165) is 25.7 Å². The molecule has 2 unspecified atom stereocenters. The molecule has 0 radical (unpaired) electrons. The van der Waals surface area contributed by atoms with Crippen LogP contribution in [0, 0.1) is 5.92 Å². The Bertz CT molecular complexity index is 119. The van der Waals surface area contributed by atoms with Crippen molar-refractivity contribution in [3.05, 3.63) is 0 Å². The lowest BCUT2D eigenvalue weighted by Gasteiger charge is -2.25. The fourth-order valence-corrected chi connectivity index (χ4v) is 1.38. The van der Waals surface area contributed by atoms with Gasteiger partial charge in [0.05, 0.1) is 6.61 Å². The fourth-order valence-electron chi connectivity index (χ4n) is 1.38. The minimum Gasteiger partial charge on any atom is -0.381 e. The van der Waals surface area contributed by atoms with E-state index in [1.807, 2.05) is 0 Å². The molecule has 0 bridgehead atoms. The first kappa shape index (κ1) is 8.68. The zero-order valence-corrected chi connectivity index (χ0v) is 6.79. The summed E-state index contributed by atoms with van der Waals surface area (Å²) in [4.78, 5) is 10.5. The number of hydrogen-bond acceptors (Lipinski definition) is 3. The average molecular weight is 158 g/mol. The second-order valence-electron chi connectivity index (χ2n) is 2.81. The van der Waals surface area contributed by atoms with E-state index in [-0.39, 0.29) is 12.0 Å². The zero-order valence-electron chi connectivity index (χ0n) is 6.79. The molecule has 1 fully saturated rings. The summed E-state index contributed by atoms with van der Waals surface area (Å²) < 4.78 is 10.2. The number of rotatable bonds is 3. The van der Waals surface area contributed by atoms with Gasteiger partial charge < -0.3 is 14.3 Å². The van der Waals surface area contributed by atoms with Crippen LogP contribution in [0.3, 0.4) is 0 Å². The molecule has 0 spiro atoms. The lowest BCUT2D eigenvalue weighted by molar-refractivity contribution is -0.122. The van der Waals surface area contributed by atoms with Gasteiger partial charge in [0.2, 0.25) is 0 Å². The maximum Gasteiger partial charge on any atom is 0.149 e. The third kappa shape index (κ3) is 2.27. The van der Waals surface area contributed by atoms with Crippen LogP contribution in [-0.4, -0.2) is 32.7 Å². The number of methoxy groups -OCH3 is 1. The SMILES string of the molecule is COC(C=O)C1CCCOC1. The predicted octanol–water partition coefficient (Wildman–Crippen LogP) is 0.627. The van der Waals surface area contributed by atoms with Crippen molar-refractivity contribution < 1.29 is 14.3 Å². The largest absolute Gasteiger partial charge is 0.381 e. The first-order chi connectivity index (χ1) is 5.38. The molecule has 0 amide bonds. The first-order valence-electron chi connectivity index (χ1n) is 3.94. The van der Waals surface area contributed by atoms with Crippen LogP contribution in [-0.2, 0) is 14.3 Å². The lowest BCUT2D eigenvalue weighted by atomic mass is 9.97. The molecule has 0 aromatic carbocycles. The molecule has 64 valence electrons. The van der Waals surface area contributed by atoms with Gasteiger partial charge >= 0.3 is 0 Å². The minimum absolute atomic E-state index is 0.268. The summed E-state index contributed by atoms with van der Waals surface area (Å²) in [7, 11) is 1.56. The number of hydrogen-bond donors (Lipinski definition) is 0. The van der Waals surface area contributed by atoms with Gasteiger partial charge in [0.1, 0.15) is 12.4 Å². The highest BCUT2D eigenvalue weighted by molar-refractivity contribution is 5.56. The van der Waals surface area contributed by atoms with E-state index < -0.39 is 0 Å². The van der Waals surface area contributed by atoms with E-state index in [1.165, 1.54) is 0 Å². The average Bonchev–Trinajstić information content (AvgIpc) is 2.09. The van der Waals surface area contributed by atoms with Gasteiger partial charge in [-0.1, -0.05) is 0 Å². The van der Waals surface area contributed by atoms with E-state index in [0.29, 0.717) is 6.61 Å². The maximum absolute atomic E-state index is 10.5. The molecule has 0 N–H and O–H groups in total. The van der Waals surface area contributed by atoms with Gasteiger partial charge in [-0.15, -0.1) is 0 Å². The molecule has 0 aromatic heterocycles. The predicted molar refractivity (Wildman–Crippen MR) is 40.4 cm³/mol. The highest BCUT2D eigenvalue weighted by Crippen LogP contribution is 2.17. The van der Waals surface area contributed by atoms with Gasteiger partial charge in [-0.05, 0) is 12.8 Å². The summed E-state index contributed by atoms with van der Waals surface area (Å²) in [5.41, 5.74) is 0. The molecule has 0 saturated carbocycles. The van der Waals surface area contributed by atoms with Crippen LogP contribution in [0.2, 0.25) is 0 Å². The number of carbonyl (C=O) groups excluding carboxylic acids is 1. The summed E-state index contributed by atoms with van der Waals surface area (Å²) in [5, 5.41) is 0. The molecular formula is C8H14O3. The Morgan fingerprint density at radius 3 is 3.00 bits per heavy atom. The Morgan fingerprint density at radius 2 is 2.55 bits per heavy atom. The normalized spacial score (nSPS) is 27.9. The molecule has 1 aliphatic rings. The third-order valence-electron chi connectivity index (χ3n) is 2.07. The quantitative estimate of drug-likeness (QED) is 0.565. The van der Waals surface area contributed by atoms with Crippen LogP contribution in [0.1, 0.15) is 12.8 Å². The summed E-state index contributed by atoms with van der Waals surface area (Å²) in [6.07, 6.45) is 2.67. The Labute approximate surface area is 66.7 Å². The zero-order chi connectivity index (χ0) is 8.10. The van der Waals surface area contributed by atoms with E-state index in [2.05, 4.69) is 0 Å². The number of aldehydes is 1. The summed E-state index contributed by atoms with van der Waals surface area (Å²) in [6, 6.07) is 0. The Balaban J connectivity index is 2.35. The molecule has 1 rings (SSSR count). The molecule has 3 nitrogen and oxygen atoms in total. The number of ether oxygens (including phenoxy) is 2. The highest BCUT2D eigenvalue weighted by atomic mass is 16.5. The van der Waals surface area contributed by atoms with Crippen LogP contribution in [0.4, 0.5) is 0 Å². The van der Waals surface area contributed by atoms with Gasteiger partial charge in [-0.2, -0.15) is 0 Å². The van der Waals surface area contributed by atoms with Gasteiger partial charge in [0, 0.05) is 19.6 Å². The van der Waals surface area contributed by atoms with Gasteiger partial charge in [-0.25, -0.2) is 0 Å². The summed E-state index contributed by atoms with van der Waals surface area (Å²) in [5.74, 6) is 0.270. The first-order valence-corrected chi connectivity index (χ1v) is 3.94.